The number of hydrogen-bond donors (Lipinski definition) is 1. The molecule has 0 aromatic carbocycles. The molecule has 0 bridgehead atoms. The van der Waals surface area contributed by atoms with Crippen molar-refractivity contribution in [3.05, 3.63) is 47.5 Å². The number of aromatic nitrogens is 2. The van der Waals surface area contributed by atoms with Crippen LogP contribution in [0.1, 0.15) is 0 Å². The van der Waals surface area contributed by atoms with Crippen LogP contribution in [0.4, 0.5) is 10.2 Å². The Morgan fingerprint density at radius 3 is 2.67 bits per heavy atom. The van der Waals surface area contributed by atoms with E-state index in [-0.39, 0.29) is 5.82 Å². The fourth-order valence-electron chi connectivity index (χ4n) is 1.22. The van der Waals surface area contributed by atoms with E-state index in [0.717, 1.165) is 6.07 Å². The SMILES string of the molecule is O=S(=O)(Nc1cc(Cl)ccn1)c1ncccc1F. The van der Waals surface area contributed by atoms with Gasteiger partial charge in [0.15, 0.2) is 5.82 Å². The van der Waals surface area contributed by atoms with Gasteiger partial charge in [0.1, 0.15) is 5.82 Å². The van der Waals surface area contributed by atoms with Gasteiger partial charge in [-0.1, -0.05) is 11.6 Å². The van der Waals surface area contributed by atoms with Crippen LogP contribution in [0.15, 0.2) is 41.7 Å². The Kier molecular flexibility index (Phi) is 3.44. The first-order valence-corrected chi connectivity index (χ1v) is 6.60. The number of hydrogen-bond acceptors (Lipinski definition) is 4. The first kappa shape index (κ1) is 12.7. The smallest absolute Gasteiger partial charge is 0.262 e. The summed E-state index contributed by atoms with van der Waals surface area (Å²) in [4.78, 5) is 7.24. The summed E-state index contributed by atoms with van der Waals surface area (Å²) in [7, 11) is -4.12. The Morgan fingerprint density at radius 1 is 1.22 bits per heavy atom. The van der Waals surface area contributed by atoms with Gasteiger partial charge in [0.25, 0.3) is 10.0 Å². The van der Waals surface area contributed by atoms with Gasteiger partial charge < -0.3 is 0 Å². The largest absolute Gasteiger partial charge is 0.283 e. The van der Waals surface area contributed by atoms with Crippen LogP contribution >= 0.6 is 11.6 Å². The molecule has 2 aromatic heterocycles. The lowest BCUT2D eigenvalue weighted by atomic mass is 10.5. The molecule has 0 radical (unpaired) electrons. The van der Waals surface area contributed by atoms with Gasteiger partial charge in [-0.25, -0.2) is 14.4 Å². The molecule has 0 atom stereocenters. The molecule has 5 nitrogen and oxygen atoms in total. The number of halogens is 2. The van der Waals surface area contributed by atoms with Gasteiger partial charge in [0, 0.05) is 23.5 Å². The third-order valence-electron chi connectivity index (χ3n) is 1.94. The zero-order chi connectivity index (χ0) is 13.2. The van der Waals surface area contributed by atoms with Crippen molar-refractivity contribution in [2.24, 2.45) is 0 Å². The van der Waals surface area contributed by atoms with Crippen molar-refractivity contribution in [1.29, 1.82) is 0 Å². The molecule has 2 heterocycles. The van der Waals surface area contributed by atoms with Crippen molar-refractivity contribution in [2.45, 2.75) is 5.03 Å². The molecule has 0 amide bonds. The summed E-state index contributed by atoms with van der Waals surface area (Å²) < 4.78 is 39.1. The van der Waals surface area contributed by atoms with Crippen molar-refractivity contribution in [2.75, 3.05) is 4.72 Å². The van der Waals surface area contributed by atoms with Crippen LogP contribution < -0.4 is 4.72 Å². The van der Waals surface area contributed by atoms with Gasteiger partial charge in [-0.2, -0.15) is 8.42 Å². The number of sulfonamides is 1. The average molecular weight is 288 g/mol. The molecule has 0 aliphatic carbocycles. The van der Waals surface area contributed by atoms with E-state index < -0.39 is 20.9 Å². The van der Waals surface area contributed by atoms with E-state index in [1.54, 1.807) is 0 Å². The maximum atomic E-state index is 13.3. The number of nitrogens with zero attached hydrogens (tertiary/aromatic N) is 2. The Morgan fingerprint density at radius 2 is 2.00 bits per heavy atom. The first-order valence-electron chi connectivity index (χ1n) is 4.74. The predicted molar refractivity (Wildman–Crippen MR) is 64.3 cm³/mol. The van der Waals surface area contributed by atoms with Crippen LogP contribution in [-0.4, -0.2) is 18.4 Å². The number of rotatable bonds is 3. The molecular formula is C10H7ClFN3O2S. The summed E-state index contributed by atoms with van der Waals surface area (Å²) in [6, 6.07) is 5.10. The number of pyridine rings is 2. The summed E-state index contributed by atoms with van der Waals surface area (Å²) in [6.45, 7) is 0. The van der Waals surface area contributed by atoms with Crippen molar-refractivity contribution in [3.8, 4) is 0 Å². The summed E-state index contributed by atoms with van der Waals surface area (Å²) in [5, 5.41) is -0.379. The molecule has 94 valence electrons. The molecule has 18 heavy (non-hydrogen) atoms. The van der Waals surface area contributed by atoms with Crippen molar-refractivity contribution in [1.82, 2.24) is 9.97 Å². The zero-order valence-electron chi connectivity index (χ0n) is 8.84. The third-order valence-corrected chi connectivity index (χ3v) is 3.46. The molecule has 2 rings (SSSR count). The van der Waals surface area contributed by atoms with Crippen LogP contribution in [0.25, 0.3) is 0 Å². The van der Waals surface area contributed by atoms with Gasteiger partial charge in [0.2, 0.25) is 5.03 Å². The fourth-order valence-corrected chi connectivity index (χ4v) is 2.38. The van der Waals surface area contributed by atoms with Gasteiger partial charge in [0.05, 0.1) is 0 Å². The van der Waals surface area contributed by atoms with Gasteiger partial charge in [-0.15, -0.1) is 0 Å². The predicted octanol–water partition coefficient (Wildman–Crippen LogP) is 2.07. The summed E-state index contributed by atoms with van der Waals surface area (Å²) >= 11 is 5.69. The van der Waals surface area contributed by atoms with Crippen LogP contribution in [0.3, 0.4) is 0 Å². The third kappa shape index (κ3) is 2.74. The Bertz CT molecular complexity index is 678. The van der Waals surface area contributed by atoms with Gasteiger partial charge >= 0.3 is 0 Å². The van der Waals surface area contributed by atoms with E-state index in [2.05, 4.69) is 14.7 Å². The highest BCUT2D eigenvalue weighted by molar-refractivity contribution is 7.92. The maximum absolute atomic E-state index is 13.3. The highest BCUT2D eigenvalue weighted by Crippen LogP contribution is 2.17. The molecule has 2 aromatic rings. The second kappa shape index (κ2) is 4.87. The van der Waals surface area contributed by atoms with E-state index >= 15 is 0 Å². The second-order valence-corrected chi connectivity index (χ2v) is 5.29. The summed E-state index contributed by atoms with van der Waals surface area (Å²) in [5.74, 6) is -0.945. The van der Waals surface area contributed by atoms with Crippen LogP contribution in [-0.2, 0) is 10.0 Å². The quantitative estimate of drug-likeness (QED) is 0.938. The molecule has 0 unspecified atom stereocenters. The molecule has 0 saturated heterocycles. The molecule has 0 aliphatic heterocycles. The zero-order valence-corrected chi connectivity index (χ0v) is 10.4. The van der Waals surface area contributed by atoms with Crippen LogP contribution in [0.5, 0.6) is 0 Å². The van der Waals surface area contributed by atoms with E-state index in [1.165, 1.54) is 30.6 Å². The molecule has 1 N–H and O–H groups in total. The minimum absolute atomic E-state index is 0.00690. The lowest BCUT2D eigenvalue weighted by molar-refractivity contribution is 0.556. The molecule has 0 saturated carbocycles. The first-order chi connectivity index (χ1) is 8.49. The van der Waals surface area contributed by atoms with E-state index in [4.69, 9.17) is 11.6 Å². The van der Waals surface area contributed by atoms with Crippen molar-refractivity contribution >= 4 is 27.4 Å². The highest BCUT2D eigenvalue weighted by Gasteiger charge is 2.20. The standard InChI is InChI=1S/C10H7ClFN3O2S/c11-7-3-5-13-9(6-7)15-18(16,17)10-8(12)2-1-4-14-10/h1-6H,(H,13,15). The second-order valence-electron chi connectivity index (χ2n) is 3.26. The van der Waals surface area contributed by atoms with E-state index in [0.29, 0.717) is 5.02 Å². The Labute approximate surface area is 108 Å². The number of anilines is 1. The van der Waals surface area contributed by atoms with Gasteiger partial charge in [-0.05, 0) is 18.2 Å². The normalized spacial score (nSPS) is 11.2. The molecule has 0 fully saturated rings. The molecule has 0 spiro atoms. The monoisotopic (exact) mass is 287 g/mol. The minimum atomic E-state index is -4.12. The minimum Gasteiger partial charge on any atom is -0.262 e. The lowest BCUT2D eigenvalue weighted by Gasteiger charge is -2.06. The summed E-state index contributed by atoms with van der Waals surface area (Å²) in [6.07, 6.45) is 2.51. The van der Waals surface area contributed by atoms with Crippen molar-refractivity contribution in [3.63, 3.8) is 0 Å². The van der Waals surface area contributed by atoms with E-state index in [1.807, 2.05) is 0 Å². The molecular weight excluding hydrogens is 281 g/mol. The molecule has 0 aliphatic rings. The topological polar surface area (TPSA) is 72.0 Å². The Hall–Kier alpha value is -1.73. The molecule has 8 heteroatoms. The highest BCUT2D eigenvalue weighted by atomic mass is 35.5. The fraction of sp³-hybridized carbons (Fsp3) is 0. The lowest BCUT2D eigenvalue weighted by Crippen LogP contribution is -2.16. The average Bonchev–Trinajstić information content (AvgIpc) is 2.28. The van der Waals surface area contributed by atoms with Crippen LogP contribution in [0.2, 0.25) is 5.02 Å². The van der Waals surface area contributed by atoms with E-state index in [9.17, 15) is 12.8 Å². The Balaban J connectivity index is 2.37. The summed E-state index contributed by atoms with van der Waals surface area (Å²) in [5.41, 5.74) is 0. The number of nitrogens with one attached hydrogen (secondary N) is 1. The van der Waals surface area contributed by atoms with Crippen molar-refractivity contribution < 1.29 is 12.8 Å². The van der Waals surface area contributed by atoms with Gasteiger partial charge in [-0.3, -0.25) is 4.72 Å². The van der Waals surface area contributed by atoms with Crippen LogP contribution in [0, 0.1) is 5.82 Å². The maximum Gasteiger partial charge on any atom is 0.283 e.